The Kier molecular flexibility index (Phi) is 4.98. The molecule has 0 bridgehead atoms. The highest BCUT2D eigenvalue weighted by Gasteiger charge is 2.18. The lowest BCUT2D eigenvalue weighted by molar-refractivity contribution is 0.589. The summed E-state index contributed by atoms with van der Waals surface area (Å²) in [5.74, 6) is 0.506. The Hall–Kier alpha value is -3.16. The van der Waals surface area contributed by atoms with Crippen molar-refractivity contribution in [2.45, 2.75) is 6.92 Å². The van der Waals surface area contributed by atoms with E-state index < -0.39 is 0 Å². The smallest absolute Gasteiger partial charge is 0.227 e. The number of fused-ring (bicyclic) bond motifs is 1. The van der Waals surface area contributed by atoms with E-state index >= 15 is 0 Å². The van der Waals surface area contributed by atoms with E-state index in [-0.39, 0.29) is 0 Å². The number of nitrogens with zero attached hydrogens (tertiary/aromatic N) is 5. The van der Waals surface area contributed by atoms with Gasteiger partial charge >= 0.3 is 0 Å². The number of hydrogen-bond acceptors (Lipinski definition) is 6. The van der Waals surface area contributed by atoms with Crippen LogP contribution in [0.25, 0.3) is 17.0 Å². The third-order valence-electron chi connectivity index (χ3n) is 5.35. The van der Waals surface area contributed by atoms with Crippen molar-refractivity contribution in [3.8, 4) is 11.4 Å². The minimum Gasteiger partial charge on any atom is -0.367 e. The largest absolute Gasteiger partial charge is 0.367 e. The molecule has 3 aromatic heterocycles. The Morgan fingerprint density at radius 3 is 2.77 bits per heavy atom. The number of aryl methyl sites for hydroxylation is 1. The van der Waals surface area contributed by atoms with Gasteiger partial charge in [0.25, 0.3) is 0 Å². The molecule has 0 atom stereocenters. The molecular formula is C22H22ClN7. The van der Waals surface area contributed by atoms with E-state index in [1.165, 1.54) is 0 Å². The molecular weight excluding hydrogens is 398 g/mol. The van der Waals surface area contributed by atoms with E-state index in [2.05, 4.69) is 50.6 Å². The second kappa shape index (κ2) is 7.93. The van der Waals surface area contributed by atoms with Gasteiger partial charge in [-0.25, -0.2) is 15.0 Å². The minimum absolute atomic E-state index is 0.485. The van der Waals surface area contributed by atoms with Crippen LogP contribution in [-0.4, -0.2) is 45.5 Å². The molecule has 0 spiro atoms. The summed E-state index contributed by atoms with van der Waals surface area (Å²) in [5.41, 5.74) is 5.63. The maximum absolute atomic E-state index is 6.47. The van der Waals surface area contributed by atoms with Crippen LogP contribution in [0, 0.1) is 6.92 Å². The fraction of sp³-hybridized carbons (Fsp3) is 0.227. The number of imidazole rings is 1. The van der Waals surface area contributed by atoms with Gasteiger partial charge in [0.2, 0.25) is 5.95 Å². The molecule has 0 aliphatic carbocycles. The molecule has 1 aromatic carbocycles. The van der Waals surface area contributed by atoms with Crippen LogP contribution in [0.3, 0.4) is 0 Å². The number of nitrogens with one attached hydrogen (secondary N) is 2. The van der Waals surface area contributed by atoms with Crippen molar-refractivity contribution in [1.29, 1.82) is 0 Å². The summed E-state index contributed by atoms with van der Waals surface area (Å²) in [7, 11) is 0. The van der Waals surface area contributed by atoms with Crippen LogP contribution in [-0.2, 0) is 0 Å². The summed E-state index contributed by atoms with van der Waals surface area (Å²) in [6, 6.07) is 12.2. The van der Waals surface area contributed by atoms with E-state index in [1.54, 1.807) is 12.4 Å². The van der Waals surface area contributed by atoms with Crippen LogP contribution in [0.15, 0.2) is 55.0 Å². The van der Waals surface area contributed by atoms with Gasteiger partial charge in [-0.05, 0) is 30.7 Å². The number of anilines is 3. The minimum atomic E-state index is 0.485. The topological polar surface area (TPSA) is 70.4 Å². The summed E-state index contributed by atoms with van der Waals surface area (Å²) < 4.78 is 1.97. The van der Waals surface area contributed by atoms with Crippen LogP contribution in [0.5, 0.6) is 0 Å². The first kappa shape index (κ1) is 18.8. The molecule has 2 N–H and O–H groups in total. The van der Waals surface area contributed by atoms with E-state index in [0.29, 0.717) is 16.7 Å². The summed E-state index contributed by atoms with van der Waals surface area (Å²) >= 11 is 6.47. The molecule has 7 nitrogen and oxygen atoms in total. The predicted octanol–water partition coefficient (Wildman–Crippen LogP) is 3.91. The van der Waals surface area contributed by atoms with Gasteiger partial charge in [-0.3, -0.25) is 4.40 Å². The summed E-state index contributed by atoms with van der Waals surface area (Å²) in [4.78, 5) is 16.0. The van der Waals surface area contributed by atoms with E-state index in [0.717, 1.165) is 54.5 Å². The third-order valence-corrected chi connectivity index (χ3v) is 5.63. The van der Waals surface area contributed by atoms with Gasteiger partial charge in [-0.2, -0.15) is 0 Å². The van der Waals surface area contributed by atoms with Crippen molar-refractivity contribution < 1.29 is 0 Å². The van der Waals surface area contributed by atoms with Gasteiger partial charge in [-0.15, -0.1) is 0 Å². The normalized spacial score (nSPS) is 14.3. The molecule has 5 rings (SSSR count). The van der Waals surface area contributed by atoms with E-state index in [9.17, 15) is 0 Å². The quantitative estimate of drug-likeness (QED) is 0.522. The first-order chi connectivity index (χ1) is 14.7. The zero-order valence-electron chi connectivity index (χ0n) is 16.6. The number of halogens is 1. The maximum atomic E-state index is 6.47. The highest BCUT2D eigenvalue weighted by Crippen LogP contribution is 2.33. The molecule has 1 saturated heterocycles. The Bertz CT molecular complexity index is 1200. The Balaban J connectivity index is 1.53. The lowest BCUT2D eigenvalue weighted by atomic mass is 10.1. The fourth-order valence-corrected chi connectivity index (χ4v) is 4.00. The highest BCUT2D eigenvalue weighted by atomic mass is 35.5. The second-order valence-corrected chi connectivity index (χ2v) is 7.70. The standard InChI is InChI=1S/C22H22ClN7/c1-15-5-4-6-17(29-11-8-24-9-12-29)20(15)27-22-26-13-16(23)21(28-22)18-14-25-19-7-2-3-10-30(18)19/h2-7,10,13-14,24H,8-9,11-12H2,1H3,(H,26,27,28). The molecule has 0 unspecified atom stereocenters. The van der Waals surface area contributed by atoms with Crippen LogP contribution in [0.2, 0.25) is 5.02 Å². The molecule has 1 fully saturated rings. The number of piperazine rings is 1. The van der Waals surface area contributed by atoms with Crippen molar-refractivity contribution in [1.82, 2.24) is 24.7 Å². The molecule has 1 aliphatic heterocycles. The average Bonchev–Trinajstić information content (AvgIpc) is 3.21. The Morgan fingerprint density at radius 1 is 1.03 bits per heavy atom. The number of rotatable bonds is 4. The van der Waals surface area contributed by atoms with Gasteiger partial charge in [0.15, 0.2) is 0 Å². The lowest BCUT2D eigenvalue weighted by Gasteiger charge is -2.31. The van der Waals surface area contributed by atoms with Crippen LogP contribution in [0.1, 0.15) is 5.56 Å². The molecule has 0 radical (unpaired) electrons. The van der Waals surface area contributed by atoms with Crippen molar-refractivity contribution in [2.75, 3.05) is 36.4 Å². The zero-order chi connectivity index (χ0) is 20.5. The van der Waals surface area contributed by atoms with Gasteiger partial charge in [0.1, 0.15) is 11.3 Å². The molecule has 0 saturated carbocycles. The van der Waals surface area contributed by atoms with Crippen LogP contribution < -0.4 is 15.5 Å². The van der Waals surface area contributed by atoms with Crippen molar-refractivity contribution in [2.24, 2.45) is 0 Å². The number of pyridine rings is 1. The van der Waals surface area contributed by atoms with Crippen LogP contribution >= 0.6 is 11.6 Å². The lowest BCUT2D eigenvalue weighted by Crippen LogP contribution is -2.43. The van der Waals surface area contributed by atoms with Crippen molar-refractivity contribution in [3.63, 3.8) is 0 Å². The third kappa shape index (κ3) is 3.46. The summed E-state index contributed by atoms with van der Waals surface area (Å²) in [5, 5.41) is 7.33. The second-order valence-electron chi connectivity index (χ2n) is 7.29. The maximum Gasteiger partial charge on any atom is 0.227 e. The van der Waals surface area contributed by atoms with Gasteiger partial charge in [0, 0.05) is 32.4 Å². The van der Waals surface area contributed by atoms with Gasteiger partial charge in [-0.1, -0.05) is 29.8 Å². The SMILES string of the molecule is Cc1cccc(N2CCNCC2)c1Nc1ncc(Cl)c(-c2cnc3ccccn23)n1. The average molecular weight is 420 g/mol. The van der Waals surface area contributed by atoms with Crippen LogP contribution in [0.4, 0.5) is 17.3 Å². The van der Waals surface area contributed by atoms with E-state index in [4.69, 9.17) is 16.6 Å². The van der Waals surface area contributed by atoms with Crippen molar-refractivity contribution >= 4 is 34.6 Å². The van der Waals surface area contributed by atoms with Crippen molar-refractivity contribution in [3.05, 3.63) is 65.6 Å². The number of hydrogen-bond donors (Lipinski definition) is 2. The van der Waals surface area contributed by atoms with Gasteiger partial charge < -0.3 is 15.5 Å². The fourth-order valence-electron chi connectivity index (χ4n) is 3.81. The molecule has 152 valence electrons. The molecule has 8 heteroatoms. The van der Waals surface area contributed by atoms with Gasteiger partial charge in [0.05, 0.1) is 34.5 Å². The predicted molar refractivity (Wildman–Crippen MR) is 121 cm³/mol. The number of aromatic nitrogens is 4. The molecule has 0 amide bonds. The molecule has 30 heavy (non-hydrogen) atoms. The zero-order valence-corrected chi connectivity index (χ0v) is 17.4. The summed E-state index contributed by atoms with van der Waals surface area (Å²) in [6.45, 7) is 5.97. The monoisotopic (exact) mass is 419 g/mol. The highest BCUT2D eigenvalue weighted by molar-refractivity contribution is 6.32. The molecule has 4 aromatic rings. The molecule has 1 aliphatic rings. The Morgan fingerprint density at radius 2 is 1.90 bits per heavy atom. The number of para-hydroxylation sites is 1. The Labute approximate surface area is 179 Å². The van der Waals surface area contributed by atoms with E-state index in [1.807, 2.05) is 28.8 Å². The first-order valence-corrected chi connectivity index (χ1v) is 10.4. The summed E-state index contributed by atoms with van der Waals surface area (Å²) in [6.07, 6.45) is 5.37. The number of benzene rings is 1. The first-order valence-electron chi connectivity index (χ1n) is 9.98. The molecule has 4 heterocycles.